The SMILES string of the molecule is Cc1cc(C(=O)Oc2ccccn2)ccc1C(C)(C)C. The number of pyridine rings is 1. The fourth-order valence-electron chi connectivity index (χ4n) is 2.19. The summed E-state index contributed by atoms with van der Waals surface area (Å²) >= 11 is 0. The lowest BCUT2D eigenvalue weighted by atomic mass is 9.83. The van der Waals surface area contributed by atoms with Crippen molar-refractivity contribution in [2.24, 2.45) is 0 Å². The largest absolute Gasteiger partial charge is 0.404 e. The van der Waals surface area contributed by atoms with Crippen LogP contribution in [-0.2, 0) is 5.41 Å². The van der Waals surface area contributed by atoms with Gasteiger partial charge in [0.1, 0.15) is 0 Å². The summed E-state index contributed by atoms with van der Waals surface area (Å²) < 4.78 is 5.23. The number of carbonyl (C=O) groups is 1. The first-order valence-corrected chi connectivity index (χ1v) is 6.62. The highest BCUT2D eigenvalue weighted by atomic mass is 16.5. The lowest BCUT2D eigenvalue weighted by molar-refractivity contribution is 0.0727. The third-order valence-corrected chi connectivity index (χ3v) is 3.11. The van der Waals surface area contributed by atoms with E-state index in [9.17, 15) is 4.79 Å². The number of aromatic nitrogens is 1. The molecule has 0 N–H and O–H groups in total. The molecule has 0 aliphatic carbocycles. The number of aryl methyl sites for hydroxylation is 1. The zero-order chi connectivity index (χ0) is 14.8. The van der Waals surface area contributed by atoms with Crippen LogP contribution in [0.4, 0.5) is 0 Å². The van der Waals surface area contributed by atoms with Gasteiger partial charge < -0.3 is 4.74 Å². The first kappa shape index (κ1) is 14.3. The number of ether oxygens (including phenoxy) is 1. The molecule has 1 aromatic carbocycles. The maximum absolute atomic E-state index is 12.1. The van der Waals surface area contributed by atoms with Crippen LogP contribution in [0.25, 0.3) is 0 Å². The molecule has 1 heterocycles. The summed E-state index contributed by atoms with van der Waals surface area (Å²) in [6.45, 7) is 8.47. The van der Waals surface area contributed by atoms with E-state index in [4.69, 9.17) is 4.74 Å². The van der Waals surface area contributed by atoms with Crippen LogP contribution in [0.15, 0.2) is 42.6 Å². The van der Waals surface area contributed by atoms with Crippen molar-refractivity contribution >= 4 is 5.97 Å². The standard InChI is InChI=1S/C17H19NO2/c1-12-11-13(8-9-14(12)17(2,3)4)16(19)20-15-7-5-6-10-18-15/h5-11H,1-4H3. The lowest BCUT2D eigenvalue weighted by Gasteiger charge is -2.21. The third-order valence-electron chi connectivity index (χ3n) is 3.11. The zero-order valence-electron chi connectivity index (χ0n) is 12.3. The van der Waals surface area contributed by atoms with E-state index in [0.717, 1.165) is 5.56 Å². The average Bonchev–Trinajstić information content (AvgIpc) is 2.38. The molecule has 104 valence electrons. The van der Waals surface area contributed by atoms with Crippen molar-refractivity contribution in [2.75, 3.05) is 0 Å². The van der Waals surface area contributed by atoms with Crippen LogP contribution in [0.2, 0.25) is 0 Å². The summed E-state index contributed by atoms with van der Waals surface area (Å²) in [7, 11) is 0. The highest BCUT2D eigenvalue weighted by Crippen LogP contribution is 2.26. The van der Waals surface area contributed by atoms with Gasteiger partial charge in [0, 0.05) is 12.3 Å². The van der Waals surface area contributed by atoms with Crippen LogP contribution in [0.1, 0.15) is 42.3 Å². The molecule has 3 nitrogen and oxygen atoms in total. The topological polar surface area (TPSA) is 39.2 Å². The second-order valence-electron chi connectivity index (χ2n) is 5.84. The molecule has 2 aromatic rings. The molecule has 3 heteroatoms. The molecule has 0 radical (unpaired) electrons. The predicted octanol–water partition coefficient (Wildman–Crippen LogP) is 3.91. The molecule has 0 fully saturated rings. The van der Waals surface area contributed by atoms with Crippen LogP contribution in [0, 0.1) is 6.92 Å². The Labute approximate surface area is 119 Å². The highest BCUT2D eigenvalue weighted by molar-refractivity contribution is 5.91. The Balaban J connectivity index is 2.22. The van der Waals surface area contributed by atoms with Crippen LogP contribution in [-0.4, -0.2) is 11.0 Å². The number of hydrogen-bond donors (Lipinski definition) is 0. The summed E-state index contributed by atoms with van der Waals surface area (Å²) in [6.07, 6.45) is 1.59. The molecule has 0 aliphatic rings. The molecule has 0 saturated heterocycles. The van der Waals surface area contributed by atoms with Crippen LogP contribution in [0.3, 0.4) is 0 Å². The third kappa shape index (κ3) is 3.23. The molecule has 20 heavy (non-hydrogen) atoms. The molecule has 0 spiro atoms. The predicted molar refractivity (Wildman–Crippen MR) is 79.1 cm³/mol. The van der Waals surface area contributed by atoms with Gasteiger partial charge in [-0.3, -0.25) is 0 Å². The van der Waals surface area contributed by atoms with Gasteiger partial charge in [-0.05, 0) is 41.7 Å². The molecule has 0 aliphatic heterocycles. The van der Waals surface area contributed by atoms with Crippen molar-refractivity contribution in [1.82, 2.24) is 4.98 Å². The Bertz CT molecular complexity index is 613. The first-order chi connectivity index (χ1) is 9.38. The second kappa shape index (κ2) is 5.45. The van der Waals surface area contributed by atoms with Crippen molar-refractivity contribution in [2.45, 2.75) is 33.1 Å². The first-order valence-electron chi connectivity index (χ1n) is 6.62. The normalized spacial score (nSPS) is 11.2. The van der Waals surface area contributed by atoms with Crippen molar-refractivity contribution < 1.29 is 9.53 Å². The van der Waals surface area contributed by atoms with E-state index in [0.29, 0.717) is 11.4 Å². The lowest BCUT2D eigenvalue weighted by Crippen LogP contribution is -2.15. The Morgan fingerprint density at radius 2 is 1.90 bits per heavy atom. The van der Waals surface area contributed by atoms with Gasteiger partial charge in [-0.1, -0.05) is 32.9 Å². The van der Waals surface area contributed by atoms with E-state index >= 15 is 0 Å². The van der Waals surface area contributed by atoms with E-state index < -0.39 is 0 Å². The van der Waals surface area contributed by atoms with Gasteiger partial charge in [-0.2, -0.15) is 0 Å². The maximum atomic E-state index is 12.1. The quantitative estimate of drug-likeness (QED) is 0.776. The number of esters is 1. The molecule has 0 bridgehead atoms. The number of benzene rings is 1. The van der Waals surface area contributed by atoms with Gasteiger partial charge in [0.2, 0.25) is 5.88 Å². The van der Waals surface area contributed by atoms with Crippen molar-refractivity contribution in [3.8, 4) is 5.88 Å². The Morgan fingerprint density at radius 1 is 1.15 bits per heavy atom. The average molecular weight is 269 g/mol. The summed E-state index contributed by atoms with van der Waals surface area (Å²) in [4.78, 5) is 16.0. The molecule has 1 aromatic heterocycles. The Morgan fingerprint density at radius 3 is 2.45 bits per heavy atom. The van der Waals surface area contributed by atoms with Crippen molar-refractivity contribution in [3.05, 3.63) is 59.3 Å². The van der Waals surface area contributed by atoms with Crippen molar-refractivity contribution in [1.29, 1.82) is 0 Å². The summed E-state index contributed by atoms with van der Waals surface area (Å²) in [5, 5.41) is 0. The van der Waals surface area contributed by atoms with Gasteiger partial charge in [0.05, 0.1) is 5.56 Å². The van der Waals surface area contributed by atoms with Gasteiger partial charge in [0.15, 0.2) is 0 Å². The molecular weight excluding hydrogens is 250 g/mol. The van der Waals surface area contributed by atoms with Crippen LogP contribution in [0.5, 0.6) is 5.88 Å². The maximum Gasteiger partial charge on any atom is 0.344 e. The van der Waals surface area contributed by atoms with Crippen LogP contribution < -0.4 is 4.74 Å². The molecule has 2 rings (SSSR count). The molecule has 0 saturated carbocycles. The summed E-state index contributed by atoms with van der Waals surface area (Å²) in [5.41, 5.74) is 2.93. The van der Waals surface area contributed by atoms with E-state index in [2.05, 4.69) is 25.8 Å². The summed E-state index contributed by atoms with van der Waals surface area (Å²) in [5.74, 6) is -0.0673. The molecule has 0 amide bonds. The monoisotopic (exact) mass is 269 g/mol. The smallest absolute Gasteiger partial charge is 0.344 e. The Kier molecular flexibility index (Phi) is 3.89. The van der Waals surface area contributed by atoms with E-state index in [1.165, 1.54) is 5.56 Å². The van der Waals surface area contributed by atoms with Crippen LogP contribution >= 0.6 is 0 Å². The Hall–Kier alpha value is -2.16. The molecule has 0 unspecified atom stereocenters. The molecule has 0 atom stereocenters. The van der Waals surface area contributed by atoms with Crippen molar-refractivity contribution in [3.63, 3.8) is 0 Å². The van der Waals surface area contributed by atoms with Gasteiger partial charge in [-0.15, -0.1) is 0 Å². The zero-order valence-corrected chi connectivity index (χ0v) is 12.3. The van der Waals surface area contributed by atoms with Gasteiger partial charge >= 0.3 is 5.97 Å². The fourth-order valence-corrected chi connectivity index (χ4v) is 2.19. The minimum atomic E-state index is -0.382. The van der Waals surface area contributed by atoms with E-state index in [1.54, 1.807) is 30.5 Å². The number of rotatable bonds is 2. The number of nitrogens with zero attached hydrogens (tertiary/aromatic N) is 1. The number of carbonyl (C=O) groups excluding carboxylic acids is 1. The summed E-state index contributed by atoms with van der Waals surface area (Å²) in [6, 6.07) is 10.9. The minimum Gasteiger partial charge on any atom is -0.404 e. The fraction of sp³-hybridized carbons (Fsp3) is 0.294. The second-order valence-corrected chi connectivity index (χ2v) is 5.84. The highest BCUT2D eigenvalue weighted by Gasteiger charge is 2.18. The van der Waals surface area contributed by atoms with Gasteiger partial charge in [-0.25, -0.2) is 9.78 Å². The van der Waals surface area contributed by atoms with Gasteiger partial charge in [0.25, 0.3) is 0 Å². The van der Waals surface area contributed by atoms with E-state index in [-0.39, 0.29) is 11.4 Å². The molecular formula is C17H19NO2. The number of hydrogen-bond acceptors (Lipinski definition) is 3. The van der Waals surface area contributed by atoms with E-state index in [1.807, 2.05) is 19.1 Å². The minimum absolute atomic E-state index is 0.0630.